The Balaban J connectivity index is 1.93. The molecule has 1 aromatic rings. The van der Waals surface area contributed by atoms with Crippen LogP contribution in [-0.4, -0.2) is 48.2 Å². The first-order valence-electron chi connectivity index (χ1n) is 8.51. The molecule has 1 aliphatic heterocycles. The summed E-state index contributed by atoms with van der Waals surface area (Å²) >= 11 is 0. The number of carbonyl (C=O) groups is 2. The highest BCUT2D eigenvalue weighted by Crippen LogP contribution is 2.14. The number of hydrogen-bond acceptors (Lipinski definition) is 3. The van der Waals surface area contributed by atoms with Crippen LogP contribution in [0.3, 0.4) is 0 Å². The quantitative estimate of drug-likeness (QED) is 0.890. The van der Waals surface area contributed by atoms with Crippen molar-refractivity contribution in [2.45, 2.75) is 52.4 Å². The van der Waals surface area contributed by atoms with E-state index in [2.05, 4.69) is 10.6 Å². The molecule has 2 N–H and O–H groups in total. The van der Waals surface area contributed by atoms with Crippen LogP contribution in [0.15, 0.2) is 24.3 Å². The van der Waals surface area contributed by atoms with E-state index >= 15 is 0 Å². The molecule has 0 spiro atoms. The van der Waals surface area contributed by atoms with Gasteiger partial charge in [-0.3, -0.25) is 4.79 Å². The molecule has 1 heterocycles. The molecule has 3 amide bonds. The summed E-state index contributed by atoms with van der Waals surface area (Å²) in [6.45, 7) is 9.06. The number of hydrogen-bond donors (Lipinski definition) is 2. The van der Waals surface area contributed by atoms with E-state index in [0.717, 1.165) is 6.42 Å². The Morgan fingerprint density at radius 1 is 1.21 bits per heavy atom. The normalized spacial score (nSPS) is 21.9. The topological polar surface area (TPSA) is 70.7 Å². The standard InChI is InChI=1S/C18H27N3O3/c1-5-12(2)19-17(22)15-6-8-16(9-7-15)20-18(23)21-10-13(3)24-14(4)11-21/h6-9,12-14H,5,10-11H2,1-4H3,(H,19,22)(H,20,23)/t12-,13+,14+/m0/s1. The van der Waals surface area contributed by atoms with Gasteiger partial charge in [0.2, 0.25) is 0 Å². The monoisotopic (exact) mass is 333 g/mol. The van der Waals surface area contributed by atoms with Gasteiger partial charge < -0.3 is 20.3 Å². The van der Waals surface area contributed by atoms with Gasteiger partial charge in [0.05, 0.1) is 12.2 Å². The lowest BCUT2D eigenvalue weighted by molar-refractivity contribution is -0.0530. The highest BCUT2D eigenvalue weighted by molar-refractivity contribution is 5.95. The first-order valence-corrected chi connectivity index (χ1v) is 8.51. The minimum absolute atomic E-state index is 0.0335. The maximum Gasteiger partial charge on any atom is 0.322 e. The molecule has 1 aromatic carbocycles. The molecule has 0 aliphatic carbocycles. The van der Waals surface area contributed by atoms with Crippen LogP contribution in [0.1, 0.15) is 44.5 Å². The van der Waals surface area contributed by atoms with Gasteiger partial charge in [-0.1, -0.05) is 6.92 Å². The van der Waals surface area contributed by atoms with Gasteiger partial charge in [0.15, 0.2) is 0 Å². The van der Waals surface area contributed by atoms with Crippen molar-refractivity contribution < 1.29 is 14.3 Å². The number of anilines is 1. The van der Waals surface area contributed by atoms with Crippen molar-refractivity contribution >= 4 is 17.6 Å². The summed E-state index contributed by atoms with van der Waals surface area (Å²) in [5.74, 6) is -0.0990. The predicted octanol–water partition coefficient (Wildman–Crippen LogP) is 2.86. The number of carbonyl (C=O) groups excluding carboxylic acids is 2. The van der Waals surface area contributed by atoms with Crippen molar-refractivity contribution in [2.24, 2.45) is 0 Å². The van der Waals surface area contributed by atoms with Crippen molar-refractivity contribution in [3.8, 4) is 0 Å². The summed E-state index contributed by atoms with van der Waals surface area (Å²) in [6.07, 6.45) is 0.952. The van der Waals surface area contributed by atoms with Gasteiger partial charge in [-0.15, -0.1) is 0 Å². The SMILES string of the molecule is CC[C@H](C)NC(=O)c1ccc(NC(=O)N2C[C@@H](C)O[C@H](C)C2)cc1. The third-order valence-electron chi connectivity index (χ3n) is 4.10. The second-order valence-electron chi connectivity index (χ2n) is 6.45. The van der Waals surface area contributed by atoms with Crippen LogP contribution in [0, 0.1) is 0 Å². The Morgan fingerprint density at radius 3 is 2.33 bits per heavy atom. The molecule has 132 valence electrons. The maximum atomic E-state index is 12.3. The summed E-state index contributed by atoms with van der Waals surface area (Å²) in [7, 11) is 0. The Bertz CT molecular complexity index is 563. The summed E-state index contributed by atoms with van der Waals surface area (Å²) in [6, 6.07) is 6.93. The van der Waals surface area contributed by atoms with E-state index in [4.69, 9.17) is 4.74 Å². The van der Waals surface area contributed by atoms with E-state index in [9.17, 15) is 9.59 Å². The molecule has 1 saturated heterocycles. The molecule has 0 bridgehead atoms. The summed E-state index contributed by atoms with van der Waals surface area (Å²) in [4.78, 5) is 26.1. The van der Waals surface area contributed by atoms with Crippen molar-refractivity contribution in [3.05, 3.63) is 29.8 Å². The number of morpholine rings is 1. The fraction of sp³-hybridized carbons (Fsp3) is 0.556. The van der Waals surface area contributed by atoms with Gasteiger partial charge in [0.25, 0.3) is 5.91 Å². The highest BCUT2D eigenvalue weighted by atomic mass is 16.5. The average Bonchev–Trinajstić information content (AvgIpc) is 2.54. The Morgan fingerprint density at radius 2 is 1.79 bits per heavy atom. The third kappa shape index (κ3) is 4.96. The molecule has 0 unspecified atom stereocenters. The molecule has 3 atom stereocenters. The van der Waals surface area contributed by atoms with Crippen molar-refractivity contribution in [2.75, 3.05) is 18.4 Å². The molecular formula is C18H27N3O3. The van der Waals surface area contributed by atoms with Gasteiger partial charge in [0, 0.05) is 30.4 Å². The van der Waals surface area contributed by atoms with Gasteiger partial charge in [-0.05, 0) is 51.5 Å². The lowest BCUT2D eigenvalue weighted by atomic mass is 10.1. The van der Waals surface area contributed by atoms with Gasteiger partial charge in [-0.25, -0.2) is 4.79 Å². The lowest BCUT2D eigenvalue weighted by Gasteiger charge is -2.35. The zero-order chi connectivity index (χ0) is 17.7. The van der Waals surface area contributed by atoms with Crippen LogP contribution in [0.4, 0.5) is 10.5 Å². The molecule has 1 fully saturated rings. The van der Waals surface area contributed by atoms with Crippen LogP contribution >= 0.6 is 0 Å². The Labute approximate surface area is 143 Å². The average molecular weight is 333 g/mol. The number of ether oxygens (including phenoxy) is 1. The molecule has 0 aromatic heterocycles. The summed E-state index contributed by atoms with van der Waals surface area (Å²) in [5.41, 5.74) is 1.26. The zero-order valence-corrected chi connectivity index (χ0v) is 14.8. The molecule has 6 nitrogen and oxygen atoms in total. The molecule has 24 heavy (non-hydrogen) atoms. The van der Waals surface area contributed by atoms with Crippen molar-refractivity contribution in [1.82, 2.24) is 10.2 Å². The number of nitrogens with zero attached hydrogens (tertiary/aromatic N) is 1. The second-order valence-corrected chi connectivity index (χ2v) is 6.45. The highest BCUT2D eigenvalue weighted by Gasteiger charge is 2.25. The van der Waals surface area contributed by atoms with E-state index in [1.54, 1.807) is 29.2 Å². The van der Waals surface area contributed by atoms with Gasteiger partial charge >= 0.3 is 6.03 Å². The van der Waals surface area contributed by atoms with Crippen LogP contribution < -0.4 is 10.6 Å². The Kier molecular flexibility index (Phi) is 6.20. The van der Waals surface area contributed by atoms with Gasteiger partial charge in [-0.2, -0.15) is 0 Å². The minimum atomic E-state index is -0.145. The summed E-state index contributed by atoms with van der Waals surface area (Å²) < 4.78 is 5.63. The van der Waals surface area contributed by atoms with Crippen LogP contribution in [0.25, 0.3) is 0 Å². The van der Waals surface area contributed by atoms with Crippen LogP contribution in [0.5, 0.6) is 0 Å². The number of benzene rings is 1. The fourth-order valence-electron chi connectivity index (χ4n) is 2.66. The molecule has 0 saturated carbocycles. The van der Waals surface area contributed by atoms with E-state index in [1.165, 1.54) is 0 Å². The third-order valence-corrected chi connectivity index (χ3v) is 4.10. The lowest BCUT2D eigenvalue weighted by Crippen LogP contribution is -2.49. The maximum absolute atomic E-state index is 12.3. The van der Waals surface area contributed by atoms with Crippen LogP contribution in [-0.2, 0) is 4.74 Å². The fourth-order valence-corrected chi connectivity index (χ4v) is 2.66. The molecule has 2 rings (SSSR count). The molecule has 6 heteroatoms. The van der Waals surface area contributed by atoms with Crippen LogP contribution in [0.2, 0.25) is 0 Å². The number of urea groups is 1. The first kappa shape index (κ1) is 18.3. The molecular weight excluding hydrogens is 306 g/mol. The predicted molar refractivity (Wildman–Crippen MR) is 94.3 cm³/mol. The number of rotatable bonds is 4. The number of nitrogens with one attached hydrogen (secondary N) is 2. The van der Waals surface area contributed by atoms with E-state index < -0.39 is 0 Å². The number of amides is 3. The minimum Gasteiger partial charge on any atom is -0.372 e. The summed E-state index contributed by atoms with van der Waals surface area (Å²) in [5, 5.41) is 5.79. The van der Waals surface area contributed by atoms with E-state index in [0.29, 0.717) is 24.3 Å². The second kappa shape index (κ2) is 8.15. The van der Waals surface area contributed by atoms with Crippen molar-refractivity contribution in [3.63, 3.8) is 0 Å². The smallest absolute Gasteiger partial charge is 0.322 e. The molecule has 1 aliphatic rings. The van der Waals surface area contributed by atoms with Crippen molar-refractivity contribution in [1.29, 1.82) is 0 Å². The first-order chi connectivity index (χ1) is 11.4. The largest absolute Gasteiger partial charge is 0.372 e. The zero-order valence-electron chi connectivity index (χ0n) is 14.8. The molecule has 0 radical (unpaired) electrons. The van der Waals surface area contributed by atoms with Gasteiger partial charge in [0.1, 0.15) is 0 Å². The van der Waals surface area contributed by atoms with E-state index in [-0.39, 0.29) is 30.2 Å². The van der Waals surface area contributed by atoms with E-state index in [1.807, 2.05) is 27.7 Å². The Hall–Kier alpha value is -2.08.